The zero-order chi connectivity index (χ0) is 18.6. The van der Waals surface area contributed by atoms with E-state index in [1.807, 2.05) is 58.7 Å². The third kappa shape index (κ3) is 3.90. The summed E-state index contributed by atoms with van der Waals surface area (Å²) in [5, 5.41) is 7.78. The zero-order valence-corrected chi connectivity index (χ0v) is 16.1. The minimum absolute atomic E-state index is 0.543. The van der Waals surface area contributed by atoms with Crippen molar-refractivity contribution >= 4 is 34.2 Å². The first-order chi connectivity index (χ1) is 13.2. The van der Waals surface area contributed by atoms with Gasteiger partial charge in [0, 0.05) is 23.2 Å². The van der Waals surface area contributed by atoms with E-state index in [2.05, 4.69) is 23.9 Å². The lowest BCUT2D eigenvalue weighted by molar-refractivity contribution is 0.621. The molecule has 0 amide bonds. The molecular formula is C21H20N4OS. The van der Waals surface area contributed by atoms with Crippen LogP contribution in [-0.4, -0.2) is 15.9 Å². The summed E-state index contributed by atoms with van der Waals surface area (Å²) in [6.45, 7) is 4.34. The van der Waals surface area contributed by atoms with Gasteiger partial charge in [0.1, 0.15) is 11.3 Å². The van der Waals surface area contributed by atoms with Crippen LogP contribution < -0.4 is 4.80 Å². The Morgan fingerprint density at radius 3 is 2.89 bits per heavy atom. The number of para-hydroxylation sites is 1. The van der Waals surface area contributed by atoms with E-state index in [9.17, 15) is 0 Å². The first-order valence-electron chi connectivity index (χ1n) is 8.88. The second-order valence-corrected chi connectivity index (χ2v) is 7.45. The first-order valence-corrected chi connectivity index (χ1v) is 9.76. The molecule has 0 saturated heterocycles. The van der Waals surface area contributed by atoms with E-state index in [1.54, 1.807) is 12.4 Å². The zero-order valence-electron chi connectivity index (χ0n) is 15.2. The lowest BCUT2D eigenvalue weighted by Gasteiger charge is -2.01. The number of hydrogen-bond donors (Lipinski definition) is 0. The van der Waals surface area contributed by atoms with E-state index in [0.29, 0.717) is 5.92 Å². The summed E-state index contributed by atoms with van der Waals surface area (Å²) in [5.74, 6) is 1.32. The minimum atomic E-state index is 0.543. The van der Waals surface area contributed by atoms with Gasteiger partial charge in [0.15, 0.2) is 5.76 Å². The quantitative estimate of drug-likeness (QED) is 0.434. The molecule has 3 heterocycles. The highest BCUT2D eigenvalue weighted by atomic mass is 32.1. The second kappa shape index (κ2) is 7.72. The second-order valence-electron chi connectivity index (χ2n) is 6.61. The number of fused-ring (bicyclic) bond motifs is 1. The molecule has 0 saturated carbocycles. The van der Waals surface area contributed by atoms with E-state index in [1.165, 1.54) is 11.3 Å². The van der Waals surface area contributed by atoms with Crippen molar-refractivity contribution in [2.45, 2.75) is 20.3 Å². The van der Waals surface area contributed by atoms with Crippen molar-refractivity contribution in [3.63, 3.8) is 0 Å². The molecule has 0 radical (unpaired) electrons. The fourth-order valence-corrected chi connectivity index (χ4v) is 3.47. The van der Waals surface area contributed by atoms with Gasteiger partial charge in [-0.3, -0.25) is 4.98 Å². The first kappa shape index (κ1) is 17.4. The normalized spacial score (nSPS) is 12.6. The van der Waals surface area contributed by atoms with Crippen molar-refractivity contribution in [1.29, 1.82) is 0 Å². The Bertz CT molecular complexity index is 1100. The Kier molecular flexibility index (Phi) is 4.98. The van der Waals surface area contributed by atoms with Crippen molar-refractivity contribution < 1.29 is 4.42 Å². The van der Waals surface area contributed by atoms with Gasteiger partial charge in [0.2, 0.25) is 4.80 Å². The van der Waals surface area contributed by atoms with Crippen LogP contribution in [0.15, 0.2) is 74.7 Å². The Morgan fingerprint density at radius 2 is 2.11 bits per heavy atom. The van der Waals surface area contributed by atoms with Crippen LogP contribution in [0.1, 0.15) is 20.3 Å². The molecule has 0 aliphatic carbocycles. The highest BCUT2D eigenvalue weighted by molar-refractivity contribution is 7.07. The highest BCUT2D eigenvalue weighted by Gasteiger charge is 2.12. The molecular weight excluding hydrogens is 356 g/mol. The van der Waals surface area contributed by atoms with Crippen molar-refractivity contribution in [2.24, 2.45) is 16.0 Å². The average Bonchev–Trinajstić information content (AvgIpc) is 3.26. The van der Waals surface area contributed by atoms with Crippen LogP contribution in [0, 0.1) is 5.92 Å². The maximum atomic E-state index is 6.04. The summed E-state index contributed by atoms with van der Waals surface area (Å²) < 4.78 is 7.89. The van der Waals surface area contributed by atoms with Crippen LogP contribution in [0.3, 0.4) is 0 Å². The average molecular weight is 376 g/mol. The molecule has 0 bridgehead atoms. The number of hydrogen-bond acceptors (Lipinski definition) is 5. The molecule has 0 aliphatic rings. The van der Waals surface area contributed by atoms with Gasteiger partial charge in [-0.1, -0.05) is 32.0 Å². The third-order valence-electron chi connectivity index (χ3n) is 4.01. The van der Waals surface area contributed by atoms with Crippen molar-refractivity contribution in [3.05, 3.63) is 65.0 Å². The predicted molar refractivity (Wildman–Crippen MR) is 110 cm³/mol. The minimum Gasteiger partial charge on any atom is -0.454 e. The Hall–Kier alpha value is -2.99. The van der Waals surface area contributed by atoms with Crippen LogP contribution in [0.4, 0.5) is 5.69 Å². The third-order valence-corrected chi connectivity index (χ3v) is 4.82. The van der Waals surface area contributed by atoms with E-state index in [0.717, 1.165) is 39.3 Å². The molecule has 0 spiro atoms. The van der Waals surface area contributed by atoms with Gasteiger partial charge < -0.3 is 4.42 Å². The standard InChI is InChI=1S/C21H20N4OS/c1-15(2)9-11-23-25-18(20-12-16-6-3-4-8-19(16)26-20)14-27-21(25)24-17-7-5-10-22-13-17/h3-8,10-15H,9H2,1-2H3. The van der Waals surface area contributed by atoms with Crippen LogP contribution >= 0.6 is 11.3 Å². The molecule has 4 rings (SSSR count). The summed E-state index contributed by atoms with van der Waals surface area (Å²) in [4.78, 5) is 9.61. The van der Waals surface area contributed by atoms with Gasteiger partial charge in [-0.05, 0) is 36.6 Å². The highest BCUT2D eigenvalue weighted by Crippen LogP contribution is 2.28. The predicted octanol–water partition coefficient (Wildman–Crippen LogP) is 5.47. The molecule has 0 aliphatic heterocycles. The maximum absolute atomic E-state index is 6.04. The SMILES string of the molecule is CC(C)CC=Nn1c(-c2cc3ccccc3o2)csc1=Nc1cccnc1. The lowest BCUT2D eigenvalue weighted by Crippen LogP contribution is -2.11. The van der Waals surface area contributed by atoms with Gasteiger partial charge in [-0.25, -0.2) is 9.67 Å². The fraction of sp³-hybridized carbons (Fsp3) is 0.190. The molecule has 136 valence electrons. The van der Waals surface area contributed by atoms with Crippen molar-refractivity contribution in [3.8, 4) is 11.5 Å². The van der Waals surface area contributed by atoms with Crippen LogP contribution in [0.2, 0.25) is 0 Å². The number of rotatable bonds is 5. The van der Waals surface area contributed by atoms with Crippen LogP contribution in [-0.2, 0) is 0 Å². The van der Waals surface area contributed by atoms with Crippen molar-refractivity contribution in [1.82, 2.24) is 9.66 Å². The lowest BCUT2D eigenvalue weighted by atomic mass is 10.2. The summed E-state index contributed by atoms with van der Waals surface area (Å²) in [5.41, 5.74) is 2.55. The molecule has 4 aromatic rings. The fourth-order valence-electron chi connectivity index (χ4n) is 2.64. The van der Waals surface area contributed by atoms with Gasteiger partial charge in [0.05, 0.1) is 11.9 Å². The number of nitrogens with zero attached hydrogens (tertiary/aromatic N) is 4. The number of thiazole rings is 1. The molecule has 27 heavy (non-hydrogen) atoms. The molecule has 0 atom stereocenters. The molecule has 5 nitrogen and oxygen atoms in total. The largest absolute Gasteiger partial charge is 0.454 e. The Labute approximate surface area is 161 Å². The topological polar surface area (TPSA) is 55.7 Å². The van der Waals surface area contributed by atoms with Gasteiger partial charge in [-0.2, -0.15) is 5.10 Å². The van der Waals surface area contributed by atoms with Crippen LogP contribution in [0.5, 0.6) is 0 Å². The Morgan fingerprint density at radius 1 is 1.22 bits per heavy atom. The Balaban J connectivity index is 1.83. The van der Waals surface area contributed by atoms with E-state index < -0.39 is 0 Å². The summed E-state index contributed by atoms with van der Waals surface area (Å²) >= 11 is 1.53. The molecule has 0 fully saturated rings. The smallest absolute Gasteiger partial charge is 0.211 e. The number of benzene rings is 1. The molecule has 0 unspecified atom stereocenters. The number of pyridine rings is 1. The van der Waals surface area contributed by atoms with Gasteiger partial charge in [0.25, 0.3) is 0 Å². The maximum Gasteiger partial charge on any atom is 0.211 e. The molecule has 6 heteroatoms. The van der Waals surface area contributed by atoms with E-state index >= 15 is 0 Å². The van der Waals surface area contributed by atoms with Gasteiger partial charge >= 0.3 is 0 Å². The van der Waals surface area contributed by atoms with E-state index in [-0.39, 0.29) is 0 Å². The summed E-state index contributed by atoms with van der Waals surface area (Å²) in [6.07, 6.45) is 6.31. The number of aromatic nitrogens is 2. The van der Waals surface area contributed by atoms with E-state index in [4.69, 9.17) is 9.41 Å². The monoisotopic (exact) mass is 376 g/mol. The van der Waals surface area contributed by atoms with Gasteiger partial charge in [-0.15, -0.1) is 11.3 Å². The van der Waals surface area contributed by atoms with Crippen molar-refractivity contribution in [2.75, 3.05) is 0 Å². The number of furan rings is 1. The summed E-state index contributed by atoms with van der Waals surface area (Å²) in [6, 6.07) is 13.8. The molecule has 3 aromatic heterocycles. The summed E-state index contributed by atoms with van der Waals surface area (Å²) in [7, 11) is 0. The molecule has 1 aromatic carbocycles. The van der Waals surface area contributed by atoms with Crippen LogP contribution in [0.25, 0.3) is 22.4 Å². The molecule has 0 N–H and O–H groups in total.